The average Bonchev–Trinajstić information content (AvgIpc) is 2.38. The second kappa shape index (κ2) is 5.79. The fourth-order valence-corrected chi connectivity index (χ4v) is 1.80. The van der Waals surface area contributed by atoms with E-state index in [1.165, 1.54) is 18.2 Å². The highest BCUT2D eigenvalue weighted by molar-refractivity contribution is 6.31. The number of carbonyl (C=O) groups excluding carboxylic acids is 1. The highest BCUT2D eigenvalue weighted by Gasteiger charge is 2.10. The highest BCUT2D eigenvalue weighted by Crippen LogP contribution is 2.23. The third-order valence-electron chi connectivity index (χ3n) is 2.71. The summed E-state index contributed by atoms with van der Waals surface area (Å²) in [5.74, 6) is -0.595. The summed E-state index contributed by atoms with van der Waals surface area (Å²) in [5, 5.41) is 5.46. The lowest BCUT2D eigenvalue weighted by atomic mass is 10.2. The lowest BCUT2D eigenvalue weighted by molar-refractivity contribution is 0.262. The second-order valence-electron chi connectivity index (χ2n) is 4.25. The molecule has 0 unspecified atom stereocenters. The fourth-order valence-electron chi connectivity index (χ4n) is 1.62. The summed E-state index contributed by atoms with van der Waals surface area (Å²) in [5.41, 5.74) is 7.11. The first-order valence-electron chi connectivity index (χ1n) is 5.85. The summed E-state index contributed by atoms with van der Waals surface area (Å²) in [6.45, 7) is 1.85. The normalized spacial score (nSPS) is 10.2. The first-order valence-corrected chi connectivity index (χ1v) is 6.23. The molecule has 0 aliphatic heterocycles. The van der Waals surface area contributed by atoms with Crippen LogP contribution in [0.25, 0.3) is 0 Å². The van der Waals surface area contributed by atoms with Crippen molar-refractivity contribution in [3.63, 3.8) is 0 Å². The van der Waals surface area contributed by atoms with Crippen molar-refractivity contribution in [1.82, 2.24) is 0 Å². The van der Waals surface area contributed by atoms with Crippen molar-refractivity contribution in [2.24, 2.45) is 0 Å². The van der Waals surface area contributed by atoms with E-state index < -0.39 is 11.8 Å². The molecule has 0 saturated carbocycles. The molecule has 2 aromatic carbocycles. The smallest absolute Gasteiger partial charge is 0.323 e. The van der Waals surface area contributed by atoms with Gasteiger partial charge in [0.1, 0.15) is 11.5 Å². The standard InChI is InChI=1S/C14H13ClFN3O/c1-8-5-6-9(7-10(8)15)18-14(20)19-13-11(16)3-2-4-12(13)17/h2-7H,17H2,1H3,(H2,18,19,20). The summed E-state index contributed by atoms with van der Waals surface area (Å²) < 4.78 is 13.5. The van der Waals surface area contributed by atoms with E-state index >= 15 is 0 Å². The number of rotatable bonds is 2. The van der Waals surface area contributed by atoms with Gasteiger partial charge in [-0.05, 0) is 36.8 Å². The molecule has 2 aromatic rings. The predicted octanol–water partition coefficient (Wildman–Crippen LogP) is 4.01. The first-order chi connectivity index (χ1) is 9.47. The molecule has 0 fully saturated rings. The molecule has 0 aliphatic carbocycles. The first kappa shape index (κ1) is 14.1. The van der Waals surface area contributed by atoms with Gasteiger partial charge >= 0.3 is 6.03 Å². The number of hydrogen-bond acceptors (Lipinski definition) is 2. The Balaban J connectivity index is 2.11. The van der Waals surface area contributed by atoms with Crippen LogP contribution in [0.1, 0.15) is 5.56 Å². The van der Waals surface area contributed by atoms with Crippen LogP contribution in [-0.4, -0.2) is 6.03 Å². The van der Waals surface area contributed by atoms with Gasteiger partial charge in [0.15, 0.2) is 0 Å². The molecule has 2 amide bonds. The minimum atomic E-state index is -0.596. The molecule has 0 saturated heterocycles. The second-order valence-corrected chi connectivity index (χ2v) is 4.65. The van der Waals surface area contributed by atoms with E-state index in [4.69, 9.17) is 17.3 Å². The minimum Gasteiger partial charge on any atom is -0.397 e. The van der Waals surface area contributed by atoms with Gasteiger partial charge in [-0.1, -0.05) is 23.7 Å². The molecule has 0 atom stereocenters. The van der Waals surface area contributed by atoms with Gasteiger partial charge in [-0.25, -0.2) is 9.18 Å². The molecule has 0 aromatic heterocycles. The van der Waals surface area contributed by atoms with Gasteiger partial charge in [0.05, 0.1) is 5.69 Å². The number of nitrogens with two attached hydrogens (primary N) is 1. The number of nitrogens with one attached hydrogen (secondary N) is 2. The zero-order valence-corrected chi connectivity index (χ0v) is 11.5. The van der Waals surface area contributed by atoms with E-state index in [0.717, 1.165) is 5.56 Å². The Hall–Kier alpha value is -2.27. The molecule has 4 N–H and O–H groups in total. The molecule has 0 radical (unpaired) electrons. The van der Waals surface area contributed by atoms with Crippen LogP contribution in [0.2, 0.25) is 5.02 Å². The third-order valence-corrected chi connectivity index (χ3v) is 3.12. The Bertz CT molecular complexity index is 641. The number of halogens is 2. The maximum atomic E-state index is 13.5. The average molecular weight is 294 g/mol. The monoisotopic (exact) mass is 293 g/mol. The van der Waals surface area contributed by atoms with E-state index in [1.807, 2.05) is 6.92 Å². The number of para-hydroxylation sites is 1. The number of urea groups is 1. The van der Waals surface area contributed by atoms with Crippen molar-refractivity contribution in [2.45, 2.75) is 6.92 Å². The lowest BCUT2D eigenvalue weighted by Gasteiger charge is -2.11. The Morgan fingerprint density at radius 1 is 1.25 bits per heavy atom. The number of carbonyl (C=O) groups is 1. The molecule has 0 heterocycles. The van der Waals surface area contributed by atoms with E-state index in [-0.39, 0.29) is 11.4 Å². The molecule has 20 heavy (non-hydrogen) atoms. The number of anilines is 3. The Kier molecular flexibility index (Phi) is 4.10. The van der Waals surface area contributed by atoms with Crippen LogP contribution >= 0.6 is 11.6 Å². The third kappa shape index (κ3) is 3.19. The Morgan fingerprint density at radius 2 is 2.00 bits per heavy atom. The van der Waals surface area contributed by atoms with Gasteiger partial charge in [-0.3, -0.25) is 0 Å². The topological polar surface area (TPSA) is 67.2 Å². The van der Waals surface area contributed by atoms with Crippen molar-refractivity contribution >= 4 is 34.7 Å². The highest BCUT2D eigenvalue weighted by atomic mass is 35.5. The maximum absolute atomic E-state index is 13.5. The minimum absolute atomic E-state index is 0.0526. The molecule has 0 spiro atoms. The van der Waals surface area contributed by atoms with E-state index in [0.29, 0.717) is 10.7 Å². The molecule has 4 nitrogen and oxygen atoms in total. The number of hydrogen-bond donors (Lipinski definition) is 3. The van der Waals surface area contributed by atoms with Gasteiger partial charge < -0.3 is 16.4 Å². The van der Waals surface area contributed by atoms with Crippen molar-refractivity contribution in [3.8, 4) is 0 Å². The van der Waals surface area contributed by atoms with Crippen LogP contribution in [0.15, 0.2) is 36.4 Å². The van der Waals surface area contributed by atoms with Crippen LogP contribution in [0.5, 0.6) is 0 Å². The summed E-state index contributed by atoms with van der Waals surface area (Å²) in [7, 11) is 0. The van der Waals surface area contributed by atoms with Crippen molar-refractivity contribution in [1.29, 1.82) is 0 Å². The number of aryl methyl sites for hydroxylation is 1. The number of benzene rings is 2. The van der Waals surface area contributed by atoms with Gasteiger partial charge in [0.25, 0.3) is 0 Å². The molecular weight excluding hydrogens is 281 g/mol. The quantitative estimate of drug-likeness (QED) is 0.732. The molecule has 6 heteroatoms. The van der Waals surface area contributed by atoms with Gasteiger partial charge in [-0.15, -0.1) is 0 Å². The molecule has 0 aliphatic rings. The van der Waals surface area contributed by atoms with Crippen LogP contribution in [0, 0.1) is 12.7 Å². The van der Waals surface area contributed by atoms with Crippen LogP contribution in [0.4, 0.5) is 26.2 Å². The Morgan fingerprint density at radius 3 is 2.65 bits per heavy atom. The van der Waals surface area contributed by atoms with Crippen LogP contribution in [0.3, 0.4) is 0 Å². The summed E-state index contributed by atoms with van der Waals surface area (Å²) in [4.78, 5) is 11.8. The van der Waals surface area contributed by atoms with Crippen LogP contribution < -0.4 is 16.4 Å². The summed E-state index contributed by atoms with van der Waals surface area (Å²) in [6.07, 6.45) is 0. The van der Waals surface area contributed by atoms with E-state index in [2.05, 4.69) is 10.6 Å². The van der Waals surface area contributed by atoms with Gasteiger partial charge in [0, 0.05) is 10.7 Å². The largest absolute Gasteiger partial charge is 0.397 e. The zero-order valence-electron chi connectivity index (χ0n) is 10.7. The lowest BCUT2D eigenvalue weighted by Crippen LogP contribution is -2.21. The fraction of sp³-hybridized carbons (Fsp3) is 0.0714. The molecule has 0 bridgehead atoms. The van der Waals surface area contributed by atoms with Crippen LogP contribution in [-0.2, 0) is 0 Å². The molecule has 2 rings (SSSR count). The van der Waals surface area contributed by atoms with Gasteiger partial charge in [0.2, 0.25) is 0 Å². The van der Waals surface area contributed by atoms with Crippen molar-refractivity contribution < 1.29 is 9.18 Å². The molecule has 104 valence electrons. The Labute approximate surface area is 120 Å². The zero-order chi connectivity index (χ0) is 14.7. The number of amides is 2. The number of nitrogen functional groups attached to an aromatic ring is 1. The van der Waals surface area contributed by atoms with E-state index in [1.54, 1.807) is 18.2 Å². The predicted molar refractivity (Wildman–Crippen MR) is 79.6 cm³/mol. The SMILES string of the molecule is Cc1ccc(NC(=O)Nc2c(N)cccc2F)cc1Cl. The summed E-state index contributed by atoms with van der Waals surface area (Å²) >= 11 is 5.96. The van der Waals surface area contributed by atoms with E-state index in [9.17, 15) is 9.18 Å². The van der Waals surface area contributed by atoms with Gasteiger partial charge in [-0.2, -0.15) is 0 Å². The van der Waals surface area contributed by atoms with Crippen molar-refractivity contribution in [3.05, 3.63) is 52.8 Å². The van der Waals surface area contributed by atoms with Crippen molar-refractivity contribution in [2.75, 3.05) is 16.4 Å². The summed E-state index contributed by atoms with van der Waals surface area (Å²) in [6, 6.07) is 8.67. The molecular formula is C14H13ClFN3O. The maximum Gasteiger partial charge on any atom is 0.323 e.